The number of nitrogens with two attached hydrogens (primary N) is 1. The Morgan fingerprint density at radius 1 is 1.26 bits per heavy atom. The minimum Gasteiger partial charge on any atom is -0.354 e. The zero-order valence-corrected chi connectivity index (χ0v) is 12.5. The fourth-order valence-corrected chi connectivity index (χ4v) is 2.49. The number of hydrogen-bond donors (Lipinski definition) is 2. The molecule has 0 aromatic heterocycles. The highest BCUT2D eigenvalue weighted by Crippen LogP contribution is 2.16. The van der Waals surface area contributed by atoms with E-state index in [-0.39, 0.29) is 11.9 Å². The molecular formula is C16H26N2O. The van der Waals surface area contributed by atoms with Crippen LogP contribution in [0.3, 0.4) is 0 Å². The lowest BCUT2D eigenvalue weighted by Crippen LogP contribution is -2.41. The average molecular weight is 262 g/mol. The van der Waals surface area contributed by atoms with E-state index in [1.54, 1.807) is 0 Å². The molecule has 0 heterocycles. The maximum absolute atomic E-state index is 11.7. The van der Waals surface area contributed by atoms with Gasteiger partial charge in [0.2, 0.25) is 5.91 Å². The number of carbonyl (C=O) groups is 1. The first-order valence-corrected chi connectivity index (χ1v) is 7.05. The molecule has 0 aliphatic carbocycles. The Morgan fingerprint density at radius 3 is 2.37 bits per heavy atom. The summed E-state index contributed by atoms with van der Waals surface area (Å²) in [5.74, 6) is -0.0377. The van der Waals surface area contributed by atoms with Crippen LogP contribution in [-0.4, -0.2) is 18.5 Å². The lowest BCUT2D eigenvalue weighted by molar-refractivity contribution is -0.122. The van der Waals surface area contributed by atoms with Gasteiger partial charge >= 0.3 is 0 Å². The van der Waals surface area contributed by atoms with E-state index in [9.17, 15) is 4.79 Å². The summed E-state index contributed by atoms with van der Waals surface area (Å²) in [6.07, 6.45) is 2.54. The van der Waals surface area contributed by atoms with Crippen LogP contribution in [-0.2, 0) is 11.2 Å². The molecule has 106 valence electrons. The minimum atomic E-state index is -0.370. The summed E-state index contributed by atoms with van der Waals surface area (Å²) in [5, 5.41) is 2.92. The van der Waals surface area contributed by atoms with E-state index in [2.05, 4.69) is 38.2 Å². The van der Waals surface area contributed by atoms with Crippen molar-refractivity contribution < 1.29 is 4.79 Å². The van der Waals surface area contributed by atoms with Gasteiger partial charge in [0.15, 0.2) is 0 Å². The third kappa shape index (κ3) is 4.67. The molecule has 19 heavy (non-hydrogen) atoms. The van der Waals surface area contributed by atoms with Gasteiger partial charge in [0, 0.05) is 6.54 Å². The molecule has 0 fully saturated rings. The van der Waals surface area contributed by atoms with Crippen molar-refractivity contribution in [3.05, 3.63) is 34.4 Å². The van der Waals surface area contributed by atoms with E-state index in [1.807, 2.05) is 6.92 Å². The maximum Gasteiger partial charge on any atom is 0.236 e. The van der Waals surface area contributed by atoms with E-state index >= 15 is 0 Å². The molecule has 3 heteroatoms. The third-order valence-corrected chi connectivity index (χ3v) is 3.45. The number of hydrogen-bond acceptors (Lipinski definition) is 2. The van der Waals surface area contributed by atoms with Gasteiger partial charge in [0.05, 0.1) is 6.04 Å². The highest BCUT2D eigenvalue weighted by Gasteiger charge is 2.11. The molecule has 1 amide bonds. The quantitative estimate of drug-likeness (QED) is 0.827. The van der Waals surface area contributed by atoms with Crippen LogP contribution >= 0.6 is 0 Å². The fourth-order valence-electron chi connectivity index (χ4n) is 2.49. The van der Waals surface area contributed by atoms with E-state index in [1.165, 1.54) is 22.3 Å². The lowest BCUT2D eigenvalue weighted by Gasteiger charge is -2.14. The largest absolute Gasteiger partial charge is 0.354 e. The number of nitrogens with one attached hydrogen (secondary N) is 1. The first-order valence-electron chi connectivity index (χ1n) is 7.05. The molecule has 0 saturated heterocycles. The molecule has 1 atom stereocenters. The average Bonchev–Trinajstić information content (AvgIpc) is 2.32. The molecule has 0 aliphatic heterocycles. The lowest BCUT2D eigenvalue weighted by atomic mass is 9.97. The molecule has 1 aromatic rings. The summed E-state index contributed by atoms with van der Waals surface area (Å²) >= 11 is 0. The highest BCUT2D eigenvalue weighted by molar-refractivity contribution is 5.81. The number of rotatable bonds is 6. The van der Waals surface area contributed by atoms with Crippen molar-refractivity contribution in [2.75, 3.05) is 6.54 Å². The molecule has 0 aliphatic rings. The molecule has 0 saturated carbocycles. The molecule has 1 unspecified atom stereocenters. The van der Waals surface area contributed by atoms with Crippen LogP contribution in [0.2, 0.25) is 0 Å². The van der Waals surface area contributed by atoms with Gasteiger partial charge in [-0.15, -0.1) is 0 Å². The van der Waals surface area contributed by atoms with Crippen molar-refractivity contribution in [3.8, 4) is 0 Å². The molecule has 1 rings (SSSR count). The second-order valence-corrected chi connectivity index (χ2v) is 5.31. The number of aryl methyl sites for hydroxylation is 3. The van der Waals surface area contributed by atoms with Crippen molar-refractivity contribution in [3.63, 3.8) is 0 Å². The van der Waals surface area contributed by atoms with Gasteiger partial charge in [-0.25, -0.2) is 0 Å². The van der Waals surface area contributed by atoms with Crippen molar-refractivity contribution in [1.82, 2.24) is 5.32 Å². The van der Waals surface area contributed by atoms with Gasteiger partial charge in [-0.2, -0.15) is 0 Å². The van der Waals surface area contributed by atoms with E-state index in [0.717, 1.165) is 19.3 Å². The summed E-state index contributed by atoms with van der Waals surface area (Å²) in [5.41, 5.74) is 11.0. The van der Waals surface area contributed by atoms with Crippen LogP contribution in [0.4, 0.5) is 0 Å². The molecule has 3 N–H and O–H groups in total. The van der Waals surface area contributed by atoms with Gasteiger partial charge in [0.25, 0.3) is 0 Å². The van der Waals surface area contributed by atoms with Crippen LogP contribution in [0.15, 0.2) is 12.1 Å². The summed E-state index contributed by atoms with van der Waals surface area (Å²) in [6.45, 7) is 9.04. The molecule has 0 spiro atoms. The SMILES string of the molecule is CCCC(N)C(=O)NCCc1c(C)cc(C)cc1C. The van der Waals surface area contributed by atoms with E-state index in [0.29, 0.717) is 6.54 Å². The monoisotopic (exact) mass is 262 g/mol. The number of amides is 1. The summed E-state index contributed by atoms with van der Waals surface area (Å²) < 4.78 is 0. The fraction of sp³-hybridized carbons (Fsp3) is 0.562. The van der Waals surface area contributed by atoms with Gasteiger partial charge in [-0.1, -0.05) is 31.0 Å². The third-order valence-electron chi connectivity index (χ3n) is 3.45. The zero-order chi connectivity index (χ0) is 14.4. The predicted octanol–water partition coefficient (Wildman–Crippen LogP) is 2.40. The first-order chi connectivity index (χ1) is 8.95. The van der Waals surface area contributed by atoms with Gasteiger partial charge < -0.3 is 11.1 Å². The Labute approximate surface area is 116 Å². The van der Waals surface area contributed by atoms with Crippen LogP contribution in [0.5, 0.6) is 0 Å². The van der Waals surface area contributed by atoms with E-state index in [4.69, 9.17) is 5.73 Å². The van der Waals surface area contributed by atoms with Crippen molar-refractivity contribution in [2.45, 2.75) is 53.0 Å². The highest BCUT2D eigenvalue weighted by atomic mass is 16.2. The Morgan fingerprint density at radius 2 is 1.84 bits per heavy atom. The molecule has 0 bridgehead atoms. The standard InChI is InChI=1S/C16H26N2O/c1-5-6-15(17)16(19)18-8-7-14-12(3)9-11(2)10-13(14)4/h9-10,15H,5-8,17H2,1-4H3,(H,18,19). The van der Waals surface area contributed by atoms with E-state index < -0.39 is 0 Å². The summed E-state index contributed by atoms with van der Waals surface area (Å²) in [7, 11) is 0. The Kier molecular flexibility index (Phi) is 6.03. The van der Waals surface area contributed by atoms with Gasteiger partial charge in [0.1, 0.15) is 0 Å². The number of benzene rings is 1. The summed E-state index contributed by atoms with van der Waals surface area (Å²) in [4.78, 5) is 11.7. The minimum absolute atomic E-state index is 0.0377. The maximum atomic E-state index is 11.7. The molecule has 3 nitrogen and oxygen atoms in total. The zero-order valence-electron chi connectivity index (χ0n) is 12.5. The number of carbonyl (C=O) groups excluding carboxylic acids is 1. The van der Waals surface area contributed by atoms with Crippen LogP contribution < -0.4 is 11.1 Å². The first kappa shape index (κ1) is 15.7. The van der Waals surface area contributed by atoms with Crippen molar-refractivity contribution in [1.29, 1.82) is 0 Å². The van der Waals surface area contributed by atoms with Gasteiger partial charge in [-0.05, 0) is 50.3 Å². The summed E-state index contributed by atoms with van der Waals surface area (Å²) in [6, 6.07) is 4.00. The topological polar surface area (TPSA) is 55.1 Å². The molecular weight excluding hydrogens is 236 g/mol. The predicted molar refractivity (Wildman–Crippen MR) is 80.3 cm³/mol. The molecule has 1 aromatic carbocycles. The second kappa shape index (κ2) is 7.29. The molecule has 0 radical (unpaired) electrons. The Hall–Kier alpha value is -1.35. The van der Waals surface area contributed by atoms with Gasteiger partial charge in [-0.3, -0.25) is 4.79 Å². The van der Waals surface area contributed by atoms with Crippen LogP contribution in [0, 0.1) is 20.8 Å². The van der Waals surface area contributed by atoms with Crippen LogP contribution in [0.1, 0.15) is 42.0 Å². The van der Waals surface area contributed by atoms with Crippen molar-refractivity contribution in [2.24, 2.45) is 5.73 Å². The van der Waals surface area contributed by atoms with Crippen LogP contribution in [0.25, 0.3) is 0 Å². The smallest absolute Gasteiger partial charge is 0.236 e. The van der Waals surface area contributed by atoms with Crippen molar-refractivity contribution >= 4 is 5.91 Å². The second-order valence-electron chi connectivity index (χ2n) is 5.31. The normalized spacial score (nSPS) is 12.3. The Balaban J connectivity index is 2.52. The Bertz CT molecular complexity index is 417.